The van der Waals surface area contributed by atoms with Crippen LogP contribution in [0.4, 0.5) is 0 Å². The molecule has 2 fully saturated rings. The molecule has 0 radical (unpaired) electrons. The van der Waals surface area contributed by atoms with Gasteiger partial charge >= 0.3 is 0 Å². The number of likely N-dealkylation sites (N-methyl/N-ethyl adjacent to an activating group) is 1. The molecule has 1 aromatic heterocycles. The maximum Gasteiger partial charge on any atom is 0.296 e. The van der Waals surface area contributed by atoms with Crippen LogP contribution in [0, 0.1) is 5.92 Å². The average Bonchev–Trinajstić information content (AvgIpc) is 3.20. The van der Waals surface area contributed by atoms with Crippen molar-refractivity contribution in [3.63, 3.8) is 0 Å². The minimum atomic E-state index is -1.50. The highest BCUT2D eigenvalue weighted by Gasteiger charge is 2.46. The minimum Gasteiger partial charge on any atom is -0.501 e. The maximum atomic E-state index is 13.3. The van der Waals surface area contributed by atoms with E-state index in [2.05, 4.69) is 32.7 Å². The lowest BCUT2D eigenvalue weighted by Gasteiger charge is -2.39. The smallest absolute Gasteiger partial charge is 0.296 e. The summed E-state index contributed by atoms with van der Waals surface area (Å²) < 4.78 is 1.41. The van der Waals surface area contributed by atoms with Gasteiger partial charge in [0.2, 0.25) is 5.75 Å². The summed E-state index contributed by atoms with van der Waals surface area (Å²) >= 11 is 0. The molecule has 4 heterocycles. The molecule has 1 aliphatic carbocycles. The van der Waals surface area contributed by atoms with Crippen molar-refractivity contribution in [1.29, 1.82) is 0 Å². The van der Waals surface area contributed by atoms with Gasteiger partial charge < -0.3 is 20.4 Å². The topological polar surface area (TPSA) is 140 Å². The standard InChI is InChI=1S/C27H36N6O5/c1-31(2)25(38)23(36)30-27-11-8-18(9-12-27)15-33-24(37)21(34)20(29-26(27)33)22(35)28-19-10-13-32(16-19)14-17-6-4-3-5-7-17/h3-7,18-19,23,30,34,36H,8-16H2,1-2H3,(H,28,35). The molecule has 1 aromatic carbocycles. The van der Waals surface area contributed by atoms with Crippen LogP contribution in [0.3, 0.4) is 0 Å². The number of rotatable bonds is 7. The molecular weight excluding hydrogens is 488 g/mol. The molecule has 38 heavy (non-hydrogen) atoms. The van der Waals surface area contributed by atoms with Crippen molar-refractivity contribution >= 4 is 11.8 Å². The van der Waals surface area contributed by atoms with Crippen molar-refractivity contribution in [1.82, 2.24) is 30.0 Å². The van der Waals surface area contributed by atoms with Crippen molar-refractivity contribution < 1.29 is 19.8 Å². The number of amides is 2. The molecule has 2 atom stereocenters. The predicted octanol–water partition coefficient (Wildman–Crippen LogP) is 0.349. The summed E-state index contributed by atoms with van der Waals surface area (Å²) in [6, 6.07) is 9.97. The SMILES string of the molecule is CN(C)C(=O)C(O)NC12CCC(CC1)Cn1c2nc(C(=O)NC2CCN(Cc3ccccc3)C2)c(O)c1=O. The normalized spacial score (nSPS) is 25.4. The van der Waals surface area contributed by atoms with Crippen LogP contribution in [0.25, 0.3) is 0 Å². The van der Waals surface area contributed by atoms with E-state index in [9.17, 15) is 24.6 Å². The molecule has 11 heteroatoms. The minimum absolute atomic E-state index is 0.142. The summed E-state index contributed by atoms with van der Waals surface area (Å²) in [6.45, 7) is 2.62. The lowest BCUT2D eigenvalue weighted by Crippen LogP contribution is -2.55. The number of hydrogen-bond acceptors (Lipinski definition) is 8. The van der Waals surface area contributed by atoms with Crippen molar-refractivity contribution in [2.24, 2.45) is 5.92 Å². The van der Waals surface area contributed by atoms with Gasteiger partial charge in [-0.1, -0.05) is 30.3 Å². The number of carbonyl (C=O) groups is 2. The van der Waals surface area contributed by atoms with E-state index in [4.69, 9.17) is 0 Å². The maximum absolute atomic E-state index is 13.3. The number of carbonyl (C=O) groups excluding carboxylic acids is 2. The lowest BCUT2D eigenvalue weighted by molar-refractivity contribution is -0.141. The van der Waals surface area contributed by atoms with Crippen LogP contribution in [0.5, 0.6) is 5.75 Å². The quantitative estimate of drug-likeness (QED) is 0.381. The molecule has 2 unspecified atom stereocenters. The zero-order valence-electron chi connectivity index (χ0n) is 21.9. The van der Waals surface area contributed by atoms with E-state index in [1.807, 2.05) is 18.2 Å². The molecule has 2 amide bonds. The molecule has 11 nitrogen and oxygen atoms in total. The zero-order chi connectivity index (χ0) is 27.0. The second kappa shape index (κ2) is 10.5. The van der Waals surface area contributed by atoms with E-state index in [1.165, 1.54) is 15.0 Å². The molecule has 0 spiro atoms. The van der Waals surface area contributed by atoms with Gasteiger partial charge in [-0.05, 0) is 43.6 Å². The fraction of sp³-hybridized carbons (Fsp3) is 0.556. The molecule has 3 aliphatic heterocycles. The Bertz CT molecular complexity index is 1250. The second-order valence-electron chi connectivity index (χ2n) is 11.0. The van der Waals surface area contributed by atoms with E-state index in [0.29, 0.717) is 25.9 Å². The Kier molecular flexibility index (Phi) is 7.26. The first-order chi connectivity index (χ1) is 18.2. The molecule has 4 aliphatic rings. The Morgan fingerprint density at radius 3 is 2.55 bits per heavy atom. The first-order valence-corrected chi connectivity index (χ1v) is 13.3. The van der Waals surface area contributed by atoms with Crippen molar-refractivity contribution in [3.8, 4) is 5.75 Å². The number of likely N-dealkylation sites (tertiary alicyclic amines) is 1. The molecule has 2 bridgehead atoms. The fourth-order valence-corrected chi connectivity index (χ4v) is 6.04. The van der Waals surface area contributed by atoms with Crippen LogP contribution in [-0.4, -0.2) is 80.8 Å². The third-order valence-corrected chi connectivity index (χ3v) is 8.13. The van der Waals surface area contributed by atoms with Gasteiger partial charge in [0.1, 0.15) is 5.82 Å². The van der Waals surface area contributed by atoms with Crippen LogP contribution >= 0.6 is 0 Å². The van der Waals surface area contributed by atoms with Crippen LogP contribution in [-0.2, 0) is 23.4 Å². The molecule has 6 rings (SSSR count). The Morgan fingerprint density at radius 2 is 1.87 bits per heavy atom. The van der Waals surface area contributed by atoms with Crippen molar-refractivity contribution in [2.45, 2.75) is 63.0 Å². The van der Waals surface area contributed by atoms with Gasteiger partial charge in [0.25, 0.3) is 17.4 Å². The van der Waals surface area contributed by atoms with Crippen LogP contribution in [0.15, 0.2) is 35.1 Å². The number of fused-ring (bicyclic) bond motifs is 2. The number of nitrogens with zero attached hydrogens (tertiary/aromatic N) is 4. The van der Waals surface area contributed by atoms with E-state index in [0.717, 1.165) is 32.4 Å². The van der Waals surface area contributed by atoms with E-state index in [1.54, 1.807) is 14.1 Å². The summed E-state index contributed by atoms with van der Waals surface area (Å²) in [7, 11) is 3.10. The van der Waals surface area contributed by atoms with Gasteiger partial charge in [-0.25, -0.2) is 4.98 Å². The van der Waals surface area contributed by atoms with Gasteiger partial charge in [0, 0.05) is 46.3 Å². The Hall–Kier alpha value is -3.28. The number of aliphatic hydroxyl groups excluding tert-OH is 1. The van der Waals surface area contributed by atoms with Gasteiger partial charge in [0.15, 0.2) is 11.9 Å². The third-order valence-electron chi connectivity index (χ3n) is 8.13. The highest BCUT2D eigenvalue weighted by molar-refractivity contribution is 5.95. The van der Waals surface area contributed by atoms with Crippen molar-refractivity contribution in [3.05, 3.63) is 57.8 Å². The summed E-state index contributed by atoms with van der Waals surface area (Å²) in [4.78, 5) is 47.1. The number of benzene rings is 1. The molecule has 4 N–H and O–H groups in total. The predicted molar refractivity (Wildman–Crippen MR) is 139 cm³/mol. The number of hydrogen-bond donors (Lipinski definition) is 4. The molecule has 204 valence electrons. The van der Waals surface area contributed by atoms with Gasteiger partial charge in [-0.15, -0.1) is 0 Å². The molecule has 1 saturated carbocycles. The summed E-state index contributed by atoms with van der Waals surface area (Å²) in [5.74, 6) is -1.30. The third kappa shape index (κ3) is 5.05. The molecule has 1 saturated heterocycles. The van der Waals surface area contributed by atoms with Crippen molar-refractivity contribution in [2.75, 3.05) is 27.2 Å². The first kappa shape index (κ1) is 26.3. The Labute approximate surface area is 221 Å². The van der Waals surface area contributed by atoms with E-state index in [-0.39, 0.29) is 23.5 Å². The number of nitrogens with one attached hydrogen (secondary N) is 2. The largest absolute Gasteiger partial charge is 0.501 e. The van der Waals surface area contributed by atoms with E-state index >= 15 is 0 Å². The number of aliphatic hydroxyl groups is 1. The monoisotopic (exact) mass is 524 g/mol. The number of aromatic hydroxyl groups is 1. The van der Waals surface area contributed by atoms with E-state index < -0.39 is 34.9 Å². The highest BCUT2D eigenvalue weighted by Crippen LogP contribution is 2.43. The Morgan fingerprint density at radius 1 is 1.16 bits per heavy atom. The summed E-state index contributed by atoms with van der Waals surface area (Å²) in [6.07, 6.45) is 1.87. The highest BCUT2D eigenvalue weighted by atomic mass is 16.3. The van der Waals surface area contributed by atoms with Crippen LogP contribution < -0.4 is 16.2 Å². The molecule has 2 aromatic rings. The lowest BCUT2D eigenvalue weighted by atomic mass is 9.77. The fourth-order valence-electron chi connectivity index (χ4n) is 6.04. The van der Waals surface area contributed by atoms with Crippen LogP contribution in [0.2, 0.25) is 0 Å². The van der Waals surface area contributed by atoms with Gasteiger partial charge in [-0.3, -0.25) is 29.2 Å². The summed E-state index contributed by atoms with van der Waals surface area (Å²) in [5, 5.41) is 27.4. The Balaban J connectivity index is 1.39. The average molecular weight is 525 g/mol. The zero-order valence-corrected chi connectivity index (χ0v) is 21.9. The first-order valence-electron chi connectivity index (χ1n) is 13.3. The molecular formula is C27H36N6O5. The van der Waals surface area contributed by atoms with Gasteiger partial charge in [0.05, 0.1) is 5.54 Å². The summed E-state index contributed by atoms with van der Waals surface area (Å²) in [5.41, 5.74) is -0.770. The second-order valence-corrected chi connectivity index (χ2v) is 11.0. The van der Waals surface area contributed by atoms with Crippen LogP contribution in [0.1, 0.15) is 54.0 Å². The number of aromatic nitrogens is 2. The van der Waals surface area contributed by atoms with Gasteiger partial charge in [-0.2, -0.15) is 0 Å².